The lowest BCUT2D eigenvalue weighted by Crippen LogP contribution is -2.30. The molecular formula is C46H76O6. The quantitative estimate of drug-likeness (QED) is 0.0277. The van der Waals surface area contributed by atoms with Gasteiger partial charge in [0.05, 0.1) is 0 Å². The largest absolute Gasteiger partial charge is 0.462 e. The van der Waals surface area contributed by atoms with E-state index in [9.17, 15) is 14.4 Å². The first-order valence-corrected chi connectivity index (χ1v) is 20.9. The van der Waals surface area contributed by atoms with Crippen LogP contribution in [0, 0.1) is 0 Å². The molecule has 0 aromatic rings. The van der Waals surface area contributed by atoms with E-state index in [0.29, 0.717) is 25.7 Å². The number of carbonyl (C=O) groups excluding carboxylic acids is 3. The van der Waals surface area contributed by atoms with Gasteiger partial charge in [-0.05, 0) is 89.9 Å². The summed E-state index contributed by atoms with van der Waals surface area (Å²) in [7, 11) is 0. The second kappa shape index (κ2) is 40.6. The number of rotatable bonds is 36. The molecule has 6 heteroatoms. The number of hydrogen-bond acceptors (Lipinski definition) is 6. The molecule has 0 aromatic heterocycles. The van der Waals surface area contributed by atoms with E-state index < -0.39 is 6.10 Å². The molecular weight excluding hydrogens is 648 g/mol. The Kier molecular flexibility index (Phi) is 38.2. The van der Waals surface area contributed by atoms with Crippen LogP contribution < -0.4 is 0 Å². The molecule has 0 N–H and O–H groups in total. The van der Waals surface area contributed by atoms with E-state index in [1.807, 2.05) is 0 Å². The van der Waals surface area contributed by atoms with Gasteiger partial charge in [0, 0.05) is 19.3 Å². The first kappa shape index (κ1) is 48.9. The van der Waals surface area contributed by atoms with Gasteiger partial charge in [-0.2, -0.15) is 0 Å². The van der Waals surface area contributed by atoms with Crippen LogP contribution in [0.5, 0.6) is 0 Å². The minimum absolute atomic E-state index is 0.109. The van der Waals surface area contributed by atoms with Crippen molar-refractivity contribution in [1.82, 2.24) is 0 Å². The number of unbranched alkanes of at least 4 members (excludes halogenated alkanes) is 13. The minimum atomic E-state index is -0.812. The molecule has 0 aliphatic heterocycles. The van der Waals surface area contributed by atoms with Crippen LogP contribution in [0.15, 0.2) is 72.9 Å². The Morgan fingerprint density at radius 3 is 1.27 bits per heavy atom. The van der Waals surface area contributed by atoms with Crippen LogP contribution in [-0.4, -0.2) is 37.2 Å². The monoisotopic (exact) mass is 725 g/mol. The van der Waals surface area contributed by atoms with Gasteiger partial charge in [-0.1, -0.05) is 145 Å². The van der Waals surface area contributed by atoms with Crippen LogP contribution in [0.25, 0.3) is 0 Å². The Hall–Kier alpha value is -3.15. The fourth-order valence-corrected chi connectivity index (χ4v) is 5.33. The van der Waals surface area contributed by atoms with Crippen molar-refractivity contribution >= 4 is 17.9 Å². The van der Waals surface area contributed by atoms with E-state index in [-0.39, 0.29) is 37.5 Å². The third kappa shape index (κ3) is 38.1. The van der Waals surface area contributed by atoms with Crippen molar-refractivity contribution in [3.05, 3.63) is 72.9 Å². The molecule has 0 spiro atoms. The number of ether oxygens (including phenoxy) is 3. The molecule has 1 atom stereocenters. The molecule has 0 radical (unpaired) electrons. The molecule has 0 saturated carbocycles. The molecule has 0 saturated heterocycles. The molecule has 52 heavy (non-hydrogen) atoms. The van der Waals surface area contributed by atoms with Crippen LogP contribution in [0.2, 0.25) is 0 Å². The summed E-state index contributed by atoms with van der Waals surface area (Å²) in [5.74, 6) is -1.02. The summed E-state index contributed by atoms with van der Waals surface area (Å²) < 4.78 is 16.5. The van der Waals surface area contributed by atoms with Gasteiger partial charge in [0.1, 0.15) is 13.2 Å². The zero-order valence-corrected chi connectivity index (χ0v) is 33.5. The third-order valence-electron chi connectivity index (χ3n) is 8.43. The molecule has 0 aromatic carbocycles. The molecule has 1 unspecified atom stereocenters. The lowest BCUT2D eigenvalue weighted by Gasteiger charge is -2.18. The highest BCUT2D eigenvalue weighted by atomic mass is 16.6. The molecule has 0 fully saturated rings. The smallest absolute Gasteiger partial charge is 0.306 e. The Morgan fingerprint density at radius 1 is 0.404 bits per heavy atom. The molecule has 0 aliphatic rings. The van der Waals surface area contributed by atoms with Gasteiger partial charge in [-0.25, -0.2) is 0 Å². The molecule has 0 bridgehead atoms. The Bertz CT molecular complexity index is 1020. The Labute approximate surface area is 319 Å². The van der Waals surface area contributed by atoms with Crippen LogP contribution >= 0.6 is 0 Å². The molecule has 0 rings (SSSR count). The average Bonchev–Trinajstić information content (AvgIpc) is 3.14. The van der Waals surface area contributed by atoms with E-state index in [1.165, 1.54) is 51.4 Å². The van der Waals surface area contributed by atoms with Gasteiger partial charge < -0.3 is 14.2 Å². The number of hydrogen-bond donors (Lipinski definition) is 0. The predicted molar refractivity (Wildman–Crippen MR) is 219 cm³/mol. The van der Waals surface area contributed by atoms with Gasteiger partial charge in [-0.3, -0.25) is 14.4 Å². The summed E-state index contributed by atoms with van der Waals surface area (Å²) in [5.41, 5.74) is 0. The molecule has 0 heterocycles. The fraction of sp³-hybridized carbons (Fsp3) is 0.674. The van der Waals surface area contributed by atoms with E-state index >= 15 is 0 Å². The molecule has 6 nitrogen and oxygen atoms in total. The first-order chi connectivity index (χ1) is 25.5. The highest BCUT2D eigenvalue weighted by molar-refractivity contribution is 5.71. The van der Waals surface area contributed by atoms with Gasteiger partial charge in [0.15, 0.2) is 6.10 Å². The lowest BCUT2D eigenvalue weighted by atomic mass is 10.1. The zero-order valence-electron chi connectivity index (χ0n) is 33.5. The van der Waals surface area contributed by atoms with E-state index in [1.54, 1.807) is 0 Å². The minimum Gasteiger partial charge on any atom is -0.462 e. The Balaban J connectivity index is 4.47. The maximum absolute atomic E-state index is 12.6. The van der Waals surface area contributed by atoms with E-state index in [2.05, 4.69) is 93.7 Å². The van der Waals surface area contributed by atoms with Crippen molar-refractivity contribution in [2.75, 3.05) is 13.2 Å². The molecule has 296 valence electrons. The van der Waals surface area contributed by atoms with E-state index in [0.717, 1.165) is 77.0 Å². The second-order valence-corrected chi connectivity index (χ2v) is 13.5. The Morgan fingerprint density at radius 2 is 0.769 bits per heavy atom. The van der Waals surface area contributed by atoms with Crippen LogP contribution in [0.4, 0.5) is 0 Å². The maximum Gasteiger partial charge on any atom is 0.306 e. The summed E-state index contributed by atoms with van der Waals surface area (Å²) in [6.07, 6.45) is 49.1. The summed E-state index contributed by atoms with van der Waals surface area (Å²) in [6, 6.07) is 0. The van der Waals surface area contributed by atoms with Gasteiger partial charge in [0.2, 0.25) is 0 Å². The molecule has 0 amide bonds. The average molecular weight is 725 g/mol. The first-order valence-electron chi connectivity index (χ1n) is 20.9. The van der Waals surface area contributed by atoms with Crippen LogP contribution in [0.3, 0.4) is 0 Å². The maximum atomic E-state index is 12.6. The summed E-state index contributed by atoms with van der Waals surface area (Å²) in [5, 5.41) is 0. The van der Waals surface area contributed by atoms with Crippen molar-refractivity contribution in [3.63, 3.8) is 0 Å². The standard InChI is InChI=1S/C46H76O6/c1-4-7-10-13-16-19-21-22-23-25-27-30-33-36-39-45(48)51-42-43(41-50-44(47)38-35-32-29-26-18-15-12-9-6-3)52-46(49)40-37-34-31-28-24-20-17-14-11-8-5-2/h7-8,10-11,16-17,19-20,26,28-29,31,43H,4-6,9,12-15,18,21-25,27,30,32-42H2,1-3H3/b10-7-,11-8-,19-16-,20-17-,29-26-,31-28-. The SMILES string of the molecule is CC/C=C\C/C=C\C/C=C\CCCC(=O)OC(COC(=O)CCC/C=C\CCCCCC)COC(=O)CCCCCCCCC/C=C\C/C=C\CC. The molecule has 0 aliphatic carbocycles. The number of esters is 3. The van der Waals surface area contributed by atoms with Crippen molar-refractivity contribution in [1.29, 1.82) is 0 Å². The summed E-state index contributed by atoms with van der Waals surface area (Å²) >= 11 is 0. The highest BCUT2D eigenvalue weighted by Crippen LogP contribution is 2.12. The number of allylic oxidation sites excluding steroid dienone is 12. The van der Waals surface area contributed by atoms with E-state index in [4.69, 9.17) is 14.2 Å². The topological polar surface area (TPSA) is 78.9 Å². The zero-order chi connectivity index (χ0) is 38.0. The second-order valence-electron chi connectivity index (χ2n) is 13.5. The van der Waals surface area contributed by atoms with Gasteiger partial charge in [0.25, 0.3) is 0 Å². The van der Waals surface area contributed by atoms with Crippen molar-refractivity contribution in [2.24, 2.45) is 0 Å². The van der Waals surface area contributed by atoms with Crippen molar-refractivity contribution in [3.8, 4) is 0 Å². The van der Waals surface area contributed by atoms with Crippen LogP contribution in [0.1, 0.15) is 181 Å². The lowest BCUT2D eigenvalue weighted by molar-refractivity contribution is -0.167. The highest BCUT2D eigenvalue weighted by Gasteiger charge is 2.19. The number of carbonyl (C=O) groups is 3. The fourth-order valence-electron chi connectivity index (χ4n) is 5.33. The van der Waals surface area contributed by atoms with Crippen LogP contribution in [-0.2, 0) is 28.6 Å². The summed E-state index contributed by atoms with van der Waals surface area (Å²) in [4.78, 5) is 37.5. The predicted octanol–water partition coefficient (Wildman–Crippen LogP) is 13.1. The van der Waals surface area contributed by atoms with Crippen molar-refractivity contribution < 1.29 is 28.6 Å². The third-order valence-corrected chi connectivity index (χ3v) is 8.43. The summed E-state index contributed by atoms with van der Waals surface area (Å²) in [6.45, 7) is 6.26. The van der Waals surface area contributed by atoms with Gasteiger partial charge >= 0.3 is 17.9 Å². The van der Waals surface area contributed by atoms with Crippen molar-refractivity contribution in [2.45, 2.75) is 187 Å². The normalized spacial score (nSPS) is 12.8. The van der Waals surface area contributed by atoms with Gasteiger partial charge in [-0.15, -0.1) is 0 Å².